The molecule has 12 nitrogen and oxygen atoms in total. The van der Waals surface area contributed by atoms with E-state index in [0.29, 0.717) is 6.42 Å². The fourth-order valence-corrected chi connectivity index (χ4v) is 9.14. The lowest BCUT2D eigenvalue weighted by molar-refractivity contribution is -0.136. The first-order valence-corrected chi connectivity index (χ1v) is 15.6. The van der Waals surface area contributed by atoms with Crippen molar-refractivity contribution < 1.29 is 45.4 Å². The van der Waals surface area contributed by atoms with Gasteiger partial charge in [-0.25, -0.2) is 4.79 Å². The highest BCUT2D eigenvalue weighted by Gasteiger charge is 2.58. The van der Waals surface area contributed by atoms with Crippen molar-refractivity contribution in [1.82, 2.24) is 0 Å². The number of rotatable bonds is 6. The summed E-state index contributed by atoms with van der Waals surface area (Å²) in [5.41, 5.74) is 5.73. The normalized spacial score (nSPS) is 36.2. The fourth-order valence-electron chi connectivity index (χ4n) is 7.10. The summed E-state index contributed by atoms with van der Waals surface area (Å²) < 4.78 is 75.7. The van der Waals surface area contributed by atoms with E-state index >= 15 is 0 Å². The summed E-state index contributed by atoms with van der Waals surface area (Å²) in [6, 6.07) is -1.04. The van der Waals surface area contributed by atoms with Crippen LogP contribution in [0.5, 0.6) is 0 Å². The number of carbonyl (C=O) groups excluding carboxylic acids is 1. The van der Waals surface area contributed by atoms with Gasteiger partial charge in [-0.05, 0) is 50.4 Å². The van der Waals surface area contributed by atoms with Gasteiger partial charge in [-0.2, -0.15) is 16.8 Å². The number of ether oxygens (including phenoxy) is 1. The Morgan fingerprint density at radius 3 is 2.32 bits per heavy atom. The molecule has 8 unspecified atom stereocenters. The van der Waals surface area contributed by atoms with Crippen LogP contribution in [-0.2, 0) is 34.6 Å². The molecule has 38 heavy (non-hydrogen) atoms. The number of nitrogens with one attached hydrogen (secondary N) is 1. The second kappa shape index (κ2) is 10.1. The molecule has 1 aliphatic heterocycles. The molecule has 1 heterocycles. The van der Waals surface area contributed by atoms with E-state index in [9.17, 15) is 40.6 Å². The lowest BCUT2D eigenvalue weighted by Gasteiger charge is -2.54. The maximum absolute atomic E-state index is 12.9. The molecule has 212 valence electrons. The highest BCUT2D eigenvalue weighted by Crippen LogP contribution is 2.55. The number of fused-ring (bicyclic) bond motifs is 2. The zero-order valence-corrected chi connectivity index (χ0v) is 22.7. The topological polar surface area (TPSA) is 222 Å². The molecule has 0 aromatic heterocycles. The molecule has 1 saturated carbocycles. The lowest BCUT2D eigenvalue weighted by Crippen LogP contribution is -2.61. The first-order chi connectivity index (χ1) is 17.5. The first-order valence-electron chi connectivity index (χ1n) is 12.7. The van der Waals surface area contributed by atoms with E-state index in [1.54, 1.807) is 13.8 Å². The van der Waals surface area contributed by atoms with Crippen LogP contribution in [0.3, 0.4) is 0 Å². The average molecular weight is 575 g/mol. The predicted molar refractivity (Wildman–Crippen MR) is 135 cm³/mol. The molecule has 0 aromatic rings. The summed E-state index contributed by atoms with van der Waals surface area (Å²) in [4.78, 5) is 24.5. The molecule has 3 aliphatic carbocycles. The van der Waals surface area contributed by atoms with Crippen LogP contribution < -0.4 is 5.73 Å². The fraction of sp³-hybridized carbons (Fsp3) is 0.708. The van der Waals surface area contributed by atoms with E-state index in [2.05, 4.69) is 0 Å². The molecule has 8 atom stereocenters. The molecule has 4 aliphatic rings. The van der Waals surface area contributed by atoms with Crippen LogP contribution in [0.4, 0.5) is 0 Å². The molecule has 1 saturated heterocycles. The van der Waals surface area contributed by atoms with E-state index in [-0.39, 0.29) is 55.1 Å². The average Bonchev–Trinajstić information content (AvgIpc) is 2.79. The standard InChI is InChI=1S/C24H34N2O10S2/c1-10(2)19(27)11-3-4-12(24(28)29)15(9-11)18-13-5-7-16(25)22(37(30,31)32)20(13)36-21-14(18)6-8-17(26)23(21)38(33,34)35/h4,10-11,13-16,18,20,22,26H,3,5-9,25H2,1-2H3,(H,28,29)(H,30,31,32)(H,33,34,35). The number of carboxylic acid groups (broad SMARTS) is 1. The van der Waals surface area contributed by atoms with Crippen molar-refractivity contribution >= 4 is 37.7 Å². The second-order valence-corrected chi connectivity index (χ2v) is 14.1. The first kappa shape index (κ1) is 28.9. The van der Waals surface area contributed by atoms with Gasteiger partial charge >= 0.3 is 5.97 Å². The smallest absolute Gasteiger partial charge is 0.331 e. The number of nitrogens with two attached hydrogens (primary N) is 1. The molecule has 2 fully saturated rings. The molecular formula is C24H34N2O10S2. The summed E-state index contributed by atoms with van der Waals surface area (Å²) in [6.45, 7) is 3.51. The third kappa shape index (κ3) is 5.08. The Balaban J connectivity index is 1.94. The van der Waals surface area contributed by atoms with Gasteiger partial charge in [0.2, 0.25) is 0 Å². The molecule has 4 rings (SSSR count). The van der Waals surface area contributed by atoms with Gasteiger partial charge in [0, 0.05) is 35.3 Å². The van der Waals surface area contributed by atoms with Gasteiger partial charge in [0.05, 0.1) is 5.71 Å². The van der Waals surface area contributed by atoms with Crippen molar-refractivity contribution in [3.63, 3.8) is 0 Å². The zero-order valence-electron chi connectivity index (χ0n) is 21.1. The van der Waals surface area contributed by atoms with Gasteiger partial charge in [0.25, 0.3) is 20.2 Å². The summed E-state index contributed by atoms with van der Waals surface area (Å²) in [6.07, 6.45) is 1.24. The van der Waals surface area contributed by atoms with Crippen molar-refractivity contribution in [3.05, 3.63) is 22.3 Å². The van der Waals surface area contributed by atoms with E-state index in [1.807, 2.05) is 0 Å². The maximum Gasteiger partial charge on any atom is 0.331 e. The SMILES string of the molecule is CC(C)C(=O)C1CC=C(C(=O)O)C(C2C3CCC(=N)C(S(=O)(=O)O)=C3OC3C2CCC(N)C3S(=O)(=O)O)C1. The van der Waals surface area contributed by atoms with Gasteiger partial charge in [0.1, 0.15) is 22.9 Å². The van der Waals surface area contributed by atoms with Crippen molar-refractivity contribution in [2.75, 3.05) is 0 Å². The highest BCUT2D eigenvalue weighted by atomic mass is 32.2. The van der Waals surface area contributed by atoms with Crippen molar-refractivity contribution in [2.45, 2.75) is 69.8 Å². The molecule has 0 spiro atoms. The molecule has 6 N–H and O–H groups in total. The minimum atomic E-state index is -4.97. The molecular weight excluding hydrogens is 540 g/mol. The summed E-state index contributed by atoms with van der Waals surface area (Å²) in [5.74, 6) is -5.20. The summed E-state index contributed by atoms with van der Waals surface area (Å²) in [7, 11) is -9.76. The predicted octanol–water partition coefficient (Wildman–Crippen LogP) is 1.79. The summed E-state index contributed by atoms with van der Waals surface area (Å²) >= 11 is 0. The van der Waals surface area contributed by atoms with Gasteiger partial charge in [0.15, 0.2) is 4.91 Å². The number of ketones is 1. The van der Waals surface area contributed by atoms with E-state index in [1.165, 1.54) is 6.08 Å². The number of allylic oxidation sites excluding steroid dienone is 3. The Morgan fingerprint density at radius 1 is 1.11 bits per heavy atom. The summed E-state index contributed by atoms with van der Waals surface area (Å²) in [5, 5.41) is 16.7. The van der Waals surface area contributed by atoms with Crippen LogP contribution in [0.15, 0.2) is 22.3 Å². The molecule has 14 heteroatoms. The minimum absolute atomic E-state index is 0.0328. The van der Waals surface area contributed by atoms with Crippen LogP contribution in [0, 0.1) is 40.9 Å². The molecule has 0 aromatic carbocycles. The molecule has 0 amide bonds. The third-order valence-electron chi connectivity index (χ3n) is 8.61. The second-order valence-electron chi connectivity index (χ2n) is 11.1. The number of hydrogen-bond donors (Lipinski definition) is 5. The quantitative estimate of drug-likeness (QED) is 0.288. The number of hydrogen-bond acceptors (Lipinski definition) is 9. The Kier molecular flexibility index (Phi) is 7.69. The zero-order chi connectivity index (χ0) is 28.3. The minimum Gasteiger partial charge on any atom is -0.491 e. The van der Waals surface area contributed by atoms with Crippen LogP contribution in [-0.4, -0.2) is 65.9 Å². The molecule has 0 radical (unpaired) electrons. The third-order valence-corrected chi connectivity index (χ3v) is 10.9. The van der Waals surface area contributed by atoms with Crippen molar-refractivity contribution in [1.29, 1.82) is 5.41 Å². The number of aliphatic carboxylic acids is 1. The lowest BCUT2D eigenvalue weighted by atomic mass is 9.58. The Hall–Kier alpha value is -2.13. The largest absolute Gasteiger partial charge is 0.491 e. The van der Waals surface area contributed by atoms with E-state index in [4.69, 9.17) is 15.9 Å². The number of Topliss-reactive ketones (excluding diaryl/α,β-unsaturated/α-hetero) is 1. The van der Waals surface area contributed by atoms with E-state index < -0.39 is 83.8 Å². The van der Waals surface area contributed by atoms with Gasteiger partial charge in [-0.3, -0.25) is 13.9 Å². The van der Waals surface area contributed by atoms with Gasteiger partial charge in [-0.1, -0.05) is 19.9 Å². The van der Waals surface area contributed by atoms with Crippen LogP contribution in [0.2, 0.25) is 0 Å². The Bertz CT molecular complexity index is 1320. The number of carbonyl (C=O) groups is 2. The monoisotopic (exact) mass is 574 g/mol. The van der Waals surface area contributed by atoms with Crippen LogP contribution >= 0.6 is 0 Å². The van der Waals surface area contributed by atoms with Crippen LogP contribution in [0.1, 0.15) is 52.4 Å². The van der Waals surface area contributed by atoms with Crippen LogP contribution in [0.25, 0.3) is 0 Å². The van der Waals surface area contributed by atoms with Crippen molar-refractivity contribution in [2.24, 2.45) is 41.2 Å². The Labute approximate surface area is 221 Å². The highest BCUT2D eigenvalue weighted by molar-refractivity contribution is 7.90. The molecule has 0 bridgehead atoms. The number of carboxylic acids is 1. The van der Waals surface area contributed by atoms with Crippen molar-refractivity contribution in [3.8, 4) is 0 Å². The maximum atomic E-state index is 12.9. The van der Waals surface area contributed by atoms with E-state index in [0.717, 1.165) is 0 Å². The van der Waals surface area contributed by atoms with Gasteiger partial charge < -0.3 is 21.0 Å². The van der Waals surface area contributed by atoms with Gasteiger partial charge in [-0.15, -0.1) is 0 Å². The Morgan fingerprint density at radius 2 is 1.76 bits per heavy atom.